The van der Waals surface area contributed by atoms with Crippen LogP contribution in [0.15, 0.2) is 59.5 Å². The normalized spacial score (nSPS) is 16.2. The summed E-state index contributed by atoms with van der Waals surface area (Å²) in [7, 11) is -2.43. The first-order valence-electron chi connectivity index (χ1n) is 10.0. The van der Waals surface area contributed by atoms with Crippen molar-refractivity contribution in [3.8, 4) is 0 Å². The van der Waals surface area contributed by atoms with Crippen LogP contribution in [0.1, 0.15) is 11.1 Å². The van der Waals surface area contributed by atoms with Crippen LogP contribution < -0.4 is 4.72 Å². The first-order chi connectivity index (χ1) is 14.5. The van der Waals surface area contributed by atoms with Crippen molar-refractivity contribution in [1.29, 1.82) is 0 Å². The van der Waals surface area contributed by atoms with Crippen molar-refractivity contribution in [3.05, 3.63) is 65.7 Å². The van der Waals surface area contributed by atoms with Gasteiger partial charge in [-0.3, -0.25) is 9.69 Å². The summed E-state index contributed by atoms with van der Waals surface area (Å²) in [5, 5.41) is 0. The van der Waals surface area contributed by atoms with E-state index in [2.05, 4.69) is 16.9 Å². The van der Waals surface area contributed by atoms with Gasteiger partial charge in [0.2, 0.25) is 10.0 Å². The monoisotopic (exact) mass is 432 g/mol. The Bertz CT molecular complexity index is 910. The first-order valence-corrected chi connectivity index (χ1v) is 11.5. The molecule has 8 heteroatoms. The van der Waals surface area contributed by atoms with Crippen LogP contribution in [0, 0.1) is 0 Å². The number of morpholine rings is 1. The number of carbonyl (C=O) groups is 1. The fourth-order valence-corrected chi connectivity index (χ4v) is 4.47. The fourth-order valence-electron chi connectivity index (χ4n) is 3.43. The smallest absolute Gasteiger partial charge is 0.324 e. The van der Waals surface area contributed by atoms with Gasteiger partial charge in [-0.05, 0) is 36.1 Å². The maximum Gasteiger partial charge on any atom is 0.324 e. The number of hydrogen-bond donors (Lipinski definition) is 1. The van der Waals surface area contributed by atoms with Crippen molar-refractivity contribution in [2.75, 3.05) is 40.0 Å². The molecule has 30 heavy (non-hydrogen) atoms. The van der Waals surface area contributed by atoms with Gasteiger partial charge in [-0.15, -0.1) is 0 Å². The largest absolute Gasteiger partial charge is 0.468 e. The van der Waals surface area contributed by atoms with Crippen LogP contribution in [-0.4, -0.2) is 65.3 Å². The average Bonchev–Trinajstić information content (AvgIpc) is 2.79. The number of nitrogens with zero attached hydrogens (tertiary/aromatic N) is 1. The number of esters is 1. The van der Waals surface area contributed by atoms with E-state index in [1.54, 1.807) is 12.1 Å². The Morgan fingerprint density at radius 1 is 1.03 bits per heavy atom. The summed E-state index contributed by atoms with van der Waals surface area (Å²) >= 11 is 0. The van der Waals surface area contributed by atoms with E-state index in [1.807, 2.05) is 35.2 Å². The molecule has 0 aromatic heterocycles. The summed E-state index contributed by atoms with van der Waals surface area (Å²) in [6.07, 6.45) is 1.73. The third-order valence-corrected chi connectivity index (χ3v) is 6.64. The van der Waals surface area contributed by atoms with Gasteiger partial charge in [-0.1, -0.05) is 42.5 Å². The third kappa shape index (κ3) is 6.12. The molecule has 1 atom stereocenters. The minimum Gasteiger partial charge on any atom is -0.468 e. The molecule has 0 amide bonds. The zero-order valence-corrected chi connectivity index (χ0v) is 17.9. The molecule has 0 spiro atoms. The Balaban J connectivity index is 1.60. The van der Waals surface area contributed by atoms with E-state index in [0.717, 1.165) is 18.4 Å². The zero-order chi connectivity index (χ0) is 21.4. The molecule has 1 heterocycles. The maximum atomic E-state index is 12.7. The van der Waals surface area contributed by atoms with E-state index in [9.17, 15) is 13.2 Å². The number of carbonyl (C=O) groups excluding carboxylic acids is 1. The lowest BCUT2D eigenvalue weighted by Crippen LogP contribution is -2.52. The number of ether oxygens (including phenoxy) is 2. The number of rotatable bonds is 9. The Kier molecular flexibility index (Phi) is 7.98. The van der Waals surface area contributed by atoms with E-state index in [4.69, 9.17) is 9.47 Å². The van der Waals surface area contributed by atoms with E-state index in [1.165, 1.54) is 12.7 Å². The maximum absolute atomic E-state index is 12.7. The van der Waals surface area contributed by atoms with E-state index in [-0.39, 0.29) is 11.4 Å². The number of benzene rings is 2. The molecular weight excluding hydrogens is 404 g/mol. The molecule has 2 aromatic carbocycles. The Morgan fingerprint density at radius 2 is 1.63 bits per heavy atom. The SMILES string of the molecule is COC(=O)[C@H](CNS(=O)(=O)c1ccc(CCc2ccccc2)cc1)N1CCOCC1. The van der Waals surface area contributed by atoms with Crippen LogP contribution in [0.5, 0.6) is 0 Å². The Morgan fingerprint density at radius 3 is 2.23 bits per heavy atom. The Labute approximate surface area is 178 Å². The molecule has 1 saturated heterocycles. The zero-order valence-electron chi connectivity index (χ0n) is 17.1. The van der Waals surface area contributed by atoms with Gasteiger partial charge in [0.25, 0.3) is 0 Å². The second kappa shape index (κ2) is 10.7. The Hall–Kier alpha value is -2.26. The molecule has 3 rings (SSSR count). The number of sulfonamides is 1. The molecule has 0 aliphatic carbocycles. The highest BCUT2D eigenvalue weighted by atomic mass is 32.2. The lowest BCUT2D eigenvalue weighted by molar-refractivity contribution is -0.148. The van der Waals surface area contributed by atoms with Crippen molar-refractivity contribution in [2.45, 2.75) is 23.8 Å². The highest BCUT2D eigenvalue weighted by Gasteiger charge is 2.29. The van der Waals surface area contributed by atoms with Gasteiger partial charge in [0, 0.05) is 19.6 Å². The summed E-state index contributed by atoms with van der Waals surface area (Å²) in [4.78, 5) is 14.2. The second-order valence-electron chi connectivity index (χ2n) is 7.17. The molecule has 1 aliphatic rings. The van der Waals surface area contributed by atoms with Gasteiger partial charge < -0.3 is 9.47 Å². The number of hydrogen-bond acceptors (Lipinski definition) is 6. The molecule has 162 valence electrons. The van der Waals surface area contributed by atoms with Crippen LogP contribution in [0.4, 0.5) is 0 Å². The standard InChI is InChI=1S/C22H28N2O5S/c1-28-22(25)21(24-13-15-29-16-14-24)17-23-30(26,27)20-11-9-19(10-12-20)8-7-18-5-3-2-4-6-18/h2-6,9-12,21,23H,7-8,13-17H2,1H3/t21-/m0/s1. The predicted molar refractivity (Wildman–Crippen MR) is 114 cm³/mol. The van der Waals surface area contributed by atoms with Crippen LogP contribution in [-0.2, 0) is 37.1 Å². The van der Waals surface area contributed by atoms with Gasteiger partial charge in [0.05, 0.1) is 25.2 Å². The van der Waals surface area contributed by atoms with E-state index < -0.39 is 22.0 Å². The molecule has 2 aromatic rings. The lowest BCUT2D eigenvalue weighted by Gasteiger charge is -2.32. The second-order valence-corrected chi connectivity index (χ2v) is 8.94. The molecule has 0 unspecified atom stereocenters. The van der Waals surface area contributed by atoms with Crippen molar-refractivity contribution in [3.63, 3.8) is 0 Å². The quantitative estimate of drug-likeness (QED) is 0.606. The van der Waals surface area contributed by atoms with Gasteiger partial charge in [-0.2, -0.15) is 0 Å². The molecule has 7 nitrogen and oxygen atoms in total. The van der Waals surface area contributed by atoms with Crippen LogP contribution in [0.3, 0.4) is 0 Å². The van der Waals surface area contributed by atoms with Crippen molar-refractivity contribution < 1.29 is 22.7 Å². The minimum absolute atomic E-state index is 0.0508. The molecular formula is C22H28N2O5S. The predicted octanol–water partition coefficient (Wildman–Crippen LogP) is 1.62. The summed E-state index contributed by atoms with van der Waals surface area (Å²) in [6.45, 7) is 2.06. The molecule has 0 radical (unpaired) electrons. The summed E-state index contributed by atoms with van der Waals surface area (Å²) in [5.41, 5.74) is 2.31. The molecule has 1 aliphatic heterocycles. The number of aryl methyl sites for hydroxylation is 2. The highest BCUT2D eigenvalue weighted by molar-refractivity contribution is 7.89. The van der Waals surface area contributed by atoms with Crippen LogP contribution >= 0.6 is 0 Å². The average molecular weight is 433 g/mol. The van der Waals surface area contributed by atoms with Gasteiger partial charge in [0.15, 0.2) is 0 Å². The summed E-state index contributed by atoms with van der Waals surface area (Å²) in [6, 6.07) is 16.3. The van der Waals surface area contributed by atoms with Gasteiger partial charge >= 0.3 is 5.97 Å². The van der Waals surface area contributed by atoms with Crippen LogP contribution in [0.25, 0.3) is 0 Å². The minimum atomic E-state index is -3.74. The van der Waals surface area contributed by atoms with Crippen molar-refractivity contribution >= 4 is 16.0 Å². The summed E-state index contributed by atoms with van der Waals surface area (Å²) < 4.78 is 38.1. The summed E-state index contributed by atoms with van der Waals surface area (Å²) in [5.74, 6) is -0.462. The highest BCUT2D eigenvalue weighted by Crippen LogP contribution is 2.14. The van der Waals surface area contributed by atoms with Crippen LogP contribution in [0.2, 0.25) is 0 Å². The van der Waals surface area contributed by atoms with E-state index in [0.29, 0.717) is 26.3 Å². The fraction of sp³-hybridized carbons (Fsp3) is 0.409. The number of methoxy groups -OCH3 is 1. The van der Waals surface area contributed by atoms with E-state index >= 15 is 0 Å². The molecule has 0 bridgehead atoms. The third-order valence-electron chi connectivity index (χ3n) is 5.21. The molecule has 0 saturated carbocycles. The van der Waals surface area contributed by atoms with Gasteiger partial charge in [0.1, 0.15) is 6.04 Å². The molecule has 1 N–H and O–H groups in total. The number of nitrogens with one attached hydrogen (secondary N) is 1. The molecule has 1 fully saturated rings. The lowest BCUT2D eigenvalue weighted by atomic mass is 10.0. The topological polar surface area (TPSA) is 84.9 Å². The first kappa shape index (κ1) is 22.4. The van der Waals surface area contributed by atoms with Crippen molar-refractivity contribution in [1.82, 2.24) is 9.62 Å². The van der Waals surface area contributed by atoms with Gasteiger partial charge in [-0.25, -0.2) is 13.1 Å². The van der Waals surface area contributed by atoms with Crippen molar-refractivity contribution in [2.24, 2.45) is 0 Å².